The molecule has 0 aliphatic rings. The molecular weight excluding hydrogens is 362 g/mol. The van der Waals surface area contributed by atoms with Gasteiger partial charge in [-0.25, -0.2) is 4.98 Å². The largest absolute Gasteiger partial charge is 0.464 e. The van der Waals surface area contributed by atoms with E-state index >= 15 is 0 Å². The number of nitriles is 1. The van der Waals surface area contributed by atoms with Crippen molar-refractivity contribution in [2.75, 3.05) is 0 Å². The molecule has 0 N–H and O–H groups in total. The summed E-state index contributed by atoms with van der Waals surface area (Å²) < 4.78 is 5.47. The fourth-order valence-corrected chi connectivity index (χ4v) is 3.55. The van der Waals surface area contributed by atoms with Crippen molar-refractivity contribution in [1.29, 1.82) is 5.26 Å². The Bertz CT molecular complexity index is 1010. The quantitative estimate of drug-likeness (QED) is 0.474. The van der Waals surface area contributed by atoms with Crippen LogP contribution in [-0.2, 0) is 9.59 Å². The molecule has 0 bridgehead atoms. The minimum Gasteiger partial charge on any atom is -0.464 e. The van der Waals surface area contributed by atoms with Crippen LogP contribution in [0.25, 0.3) is 22.6 Å². The second kappa shape index (κ2) is 7.98. The highest BCUT2D eigenvalue weighted by Crippen LogP contribution is 2.36. The van der Waals surface area contributed by atoms with E-state index < -0.39 is 5.25 Å². The van der Waals surface area contributed by atoms with Crippen molar-refractivity contribution < 1.29 is 14.0 Å². The van der Waals surface area contributed by atoms with Crippen LogP contribution in [-0.4, -0.2) is 26.8 Å². The van der Waals surface area contributed by atoms with Crippen molar-refractivity contribution in [3.63, 3.8) is 0 Å². The first-order chi connectivity index (χ1) is 13.0. The number of hydrogen-bond acceptors (Lipinski definition) is 7. The zero-order valence-corrected chi connectivity index (χ0v) is 15.5. The number of ketones is 2. The molecule has 3 rings (SSSR count). The monoisotopic (exact) mass is 377 g/mol. The van der Waals surface area contributed by atoms with Crippen molar-refractivity contribution in [3.05, 3.63) is 54.6 Å². The summed E-state index contributed by atoms with van der Waals surface area (Å²) in [6, 6.07) is 11.0. The Morgan fingerprint density at radius 2 is 2.00 bits per heavy atom. The SMILES string of the molecule is CC(=O)C(Sc1nc(-c2cccnc2)cc(-c2ccco2)c1C#N)C(C)=O. The Morgan fingerprint density at radius 1 is 1.22 bits per heavy atom. The summed E-state index contributed by atoms with van der Waals surface area (Å²) in [5.74, 6) is -0.0721. The summed E-state index contributed by atoms with van der Waals surface area (Å²) in [6.07, 6.45) is 4.82. The topological polar surface area (TPSA) is 96.8 Å². The molecular formula is C20H15N3O3S. The summed E-state index contributed by atoms with van der Waals surface area (Å²) in [4.78, 5) is 32.4. The predicted octanol–water partition coefficient (Wildman–Crippen LogP) is 3.91. The van der Waals surface area contributed by atoms with Crippen molar-refractivity contribution in [3.8, 4) is 28.7 Å². The lowest BCUT2D eigenvalue weighted by Crippen LogP contribution is -2.22. The minimum absolute atomic E-state index is 0.259. The van der Waals surface area contributed by atoms with Gasteiger partial charge < -0.3 is 4.42 Å². The van der Waals surface area contributed by atoms with Gasteiger partial charge in [0.05, 0.1) is 17.5 Å². The van der Waals surface area contributed by atoms with E-state index in [2.05, 4.69) is 16.0 Å². The number of Topliss-reactive ketones (excluding diaryl/α,β-unsaturated/α-hetero) is 2. The van der Waals surface area contributed by atoms with Crippen molar-refractivity contribution in [1.82, 2.24) is 9.97 Å². The van der Waals surface area contributed by atoms with E-state index in [1.807, 2.05) is 6.07 Å². The van der Waals surface area contributed by atoms with Gasteiger partial charge in [0.15, 0.2) is 11.6 Å². The van der Waals surface area contributed by atoms with Crippen LogP contribution in [0.5, 0.6) is 0 Å². The summed E-state index contributed by atoms with van der Waals surface area (Å²) in [6.45, 7) is 2.70. The van der Waals surface area contributed by atoms with Gasteiger partial charge in [0.1, 0.15) is 22.1 Å². The summed E-state index contributed by atoms with van der Waals surface area (Å²) in [7, 11) is 0. The predicted molar refractivity (Wildman–Crippen MR) is 101 cm³/mol. The van der Waals surface area contributed by atoms with Crippen LogP contribution in [0.3, 0.4) is 0 Å². The number of carbonyl (C=O) groups excluding carboxylic acids is 2. The molecule has 134 valence electrons. The maximum atomic E-state index is 11.9. The Kier molecular flexibility index (Phi) is 5.48. The van der Waals surface area contributed by atoms with Gasteiger partial charge in [-0.05, 0) is 44.2 Å². The second-order valence-electron chi connectivity index (χ2n) is 5.79. The van der Waals surface area contributed by atoms with Crippen molar-refractivity contribution in [2.45, 2.75) is 24.1 Å². The highest BCUT2D eigenvalue weighted by atomic mass is 32.2. The zero-order valence-electron chi connectivity index (χ0n) is 14.7. The van der Waals surface area contributed by atoms with Crippen LogP contribution in [0.15, 0.2) is 58.4 Å². The zero-order chi connectivity index (χ0) is 19.4. The van der Waals surface area contributed by atoms with E-state index in [1.165, 1.54) is 20.1 Å². The van der Waals surface area contributed by atoms with Gasteiger partial charge in [-0.3, -0.25) is 14.6 Å². The number of aromatic nitrogens is 2. The number of thioether (sulfide) groups is 1. The average molecular weight is 377 g/mol. The lowest BCUT2D eigenvalue weighted by Gasteiger charge is -2.14. The van der Waals surface area contributed by atoms with Crippen LogP contribution >= 0.6 is 11.8 Å². The number of pyridine rings is 2. The van der Waals surface area contributed by atoms with Crippen molar-refractivity contribution >= 4 is 23.3 Å². The normalized spacial score (nSPS) is 10.6. The molecule has 7 heteroatoms. The Morgan fingerprint density at radius 3 is 2.56 bits per heavy atom. The summed E-state index contributed by atoms with van der Waals surface area (Å²) in [5.41, 5.74) is 2.13. The first-order valence-electron chi connectivity index (χ1n) is 8.08. The molecule has 0 aliphatic carbocycles. The second-order valence-corrected chi connectivity index (χ2v) is 6.88. The van der Waals surface area contributed by atoms with Gasteiger partial charge in [-0.15, -0.1) is 0 Å². The molecule has 0 aliphatic heterocycles. The fraction of sp³-hybridized carbons (Fsp3) is 0.150. The van der Waals surface area contributed by atoms with Crippen LogP contribution < -0.4 is 0 Å². The molecule has 6 nitrogen and oxygen atoms in total. The lowest BCUT2D eigenvalue weighted by molar-refractivity contribution is -0.123. The summed E-state index contributed by atoms with van der Waals surface area (Å²) >= 11 is 0.982. The van der Waals surface area contributed by atoms with Crippen LogP contribution in [0.2, 0.25) is 0 Å². The van der Waals surface area contributed by atoms with Gasteiger partial charge in [-0.2, -0.15) is 5.26 Å². The Hall–Kier alpha value is -3.24. The molecule has 3 aromatic heterocycles. The number of carbonyl (C=O) groups is 2. The van der Waals surface area contributed by atoms with E-state index in [9.17, 15) is 14.9 Å². The number of furan rings is 1. The lowest BCUT2D eigenvalue weighted by atomic mass is 10.0. The number of nitrogens with zero attached hydrogens (tertiary/aromatic N) is 3. The first kappa shape index (κ1) is 18.5. The molecule has 27 heavy (non-hydrogen) atoms. The molecule has 0 fully saturated rings. The standard InChI is InChI=1S/C20H15N3O3S/c1-12(24)19(13(2)25)27-20-16(10-21)15(18-6-4-8-26-18)9-17(23-20)14-5-3-7-22-11-14/h3-9,11,19H,1-2H3. The Balaban J connectivity index is 2.21. The fourth-order valence-electron chi connectivity index (χ4n) is 2.57. The van der Waals surface area contributed by atoms with E-state index in [-0.39, 0.29) is 17.1 Å². The first-order valence-corrected chi connectivity index (χ1v) is 8.96. The Labute approximate surface area is 160 Å². The third-order valence-corrected chi connectivity index (χ3v) is 5.23. The highest BCUT2D eigenvalue weighted by Gasteiger charge is 2.25. The molecule has 0 amide bonds. The van der Waals surface area contributed by atoms with Crippen molar-refractivity contribution in [2.24, 2.45) is 0 Å². The molecule has 0 spiro atoms. The average Bonchev–Trinajstić information content (AvgIpc) is 3.20. The van der Waals surface area contributed by atoms with Gasteiger partial charge >= 0.3 is 0 Å². The number of rotatable bonds is 6. The van der Waals surface area contributed by atoms with E-state index in [0.717, 1.165) is 17.3 Å². The molecule has 0 aromatic carbocycles. The molecule has 0 saturated carbocycles. The van der Waals surface area contributed by atoms with Crippen LogP contribution in [0.1, 0.15) is 19.4 Å². The smallest absolute Gasteiger partial charge is 0.150 e. The summed E-state index contributed by atoms with van der Waals surface area (Å²) in [5, 5.41) is 9.11. The van der Waals surface area contributed by atoms with Gasteiger partial charge in [0, 0.05) is 23.5 Å². The third kappa shape index (κ3) is 3.96. The molecule has 0 unspecified atom stereocenters. The molecule has 0 radical (unpaired) electrons. The molecule has 3 heterocycles. The number of hydrogen-bond donors (Lipinski definition) is 0. The van der Waals surface area contributed by atoms with Crippen LogP contribution in [0, 0.1) is 11.3 Å². The maximum absolute atomic E-state index is 11.9. The minimum atomic E-state index is -0.918. The highest BCUT2D eigenvalue weighted by molar-refractivity contribution is 8.01. The van der Waals surface area contributed by atoms with Gasteiger partial charge in [-0.1, -0.05) is 11.8 Å². The van der Waals surface area contributed by atoms with E-state index in [4.69, 9.17) is 4.42 Å². The van der Waals surface area contributed by atoms with Gasteiger partial charge in [0.25, 0.3) is 0 Å². The molecule has 0 saturated heterocycles. The van der Waals surface area contributed by atoms with Crippen LogP contribution in [0.4, 0.5) is 0 Å². The third-order valence-electron chi connectivity index (χ3n) is 3.81. The maximum Gasteiger partial charge on any atom is 0.150 e. The molecule has 0 atom stereocenters. The van der Waals surface area contributed by atoms with E-state index in [0.29, 0.717) is 22.0 Å². The van der Waals surface area contributed by atoms with Gasteiger partial charge in [0.2, 0.25) is 0 Å². The molecule has 3 aromatic rings. The van der Waals surface area contributed by atoms with E-state index in [1.54, 1.807) is 36.7 Å².